The van der Waals surface area contributed by atoms with E-state index in [1.165, 1.54) is 12.1 Å². The van der Waals surface area contributed by atoms with Crippen molar-refractivity contribution < 1.29 is 9.23 Å². The first-order valence-electron chi connectivity index (χ1n) is 5.49. The fourth-order valence-electron chi connectivity index (χ4n) is 1.89. The second kappa shape index (κ2) is 3.86. The van der Waals surface area contributed by atoms with Crippen molar-refractivity contribution >= 4 is 5.71 Å². The number of hydrogen-bond donors (Lipinski definition) is 1. The topological polar surface area (TPSA) is 33.6 Å². The Morgan fingerprint density at radius 2 is 2.24 bits per heavy atom. The molecule has 0 atom stereocenters. The molecule has 0 saturated carbocycles. The van der Waals surface area contributed by atoms with E-state index in [4.69, 9.17) is 4.84 Å². The average Bonchev–Trinajstić information content (AvgIpc) is 2.71. The van der Waals surface area contributed by atoms with E-state index >= 15 is 0 Å². The Morgan fingerprint density at radius 1 is 1.35 bits per heavy atom. The molecule has 1 N–H and O–H groups in total. The summed E-state index contributed by atoms with van der Waals surface area (Å²) in [5.41, 5.74) is 1.22. The second-order valence-corrected chi connectivity index (χ2v) is 4.35. The van der Waals surface area contributed by atoms with Gasteiger partial charge in [0.15, 0.2) is 5.60 Å². The monoisotopic (exact) mass is 230 g/mol. The third-order valence-electron chi connectivity index (χ3n) is 2.91. The van der Waals surface area contributed by atoms with Crippen LogP contribution in [-0.2, 0) is 4.84 Å². The Bertz CT molecular complexity index is 538. The molecule has 0 aliphatic carbocycles. The van der Waals surface area contributed by atoms with Gasteiger partial charge >= 0.3 is 0 Å². The predicted octanol–water partition coefficient (Wildman–Crippen LogP) is 1.30. The van der Waals surface area contributed by atoms with Gasteiger partial charge in [-0.05, 0) is 24.1 Å². The maximum atomic E-state index is 12.9. The van der Waals surface area contributed by atoms with Gasteiger partial charge in [-0.25, -0.2) is 4.39 Å². The van der Waals surface area contributed by atoms with Crippen LogP contribution in [0.5, 0.6) is 0 Å². The van der Waals surface area contributed by atoms with Crippen molar-refractivity contribution in [3.05, 3.63) is 35.6 Å². The van der Waals surface area contributed by atoms with E-state index in [-0.39, 0.29) is 11.4 Å². The summed E-state index contributed by atoms with van der Waals surface area (Å²) in [5.74, 6) is 5.54. The van der Waals surface area contributed by atoms with E-state index in [9.17, 15) is 4.39 Å². The van der Waals surface area contributed by atoms with Crippen molar-refractivity contribution in [3.8, 4) is 11.8 Å². The summed E-state index contributed by atoms with van der Waals surface area (Å²) in [5, 5.41) is 7.11. The van der Waals surface area contributed by atoms with Crippen LogP contribution in [0.2, 0.25) is 0 Å². The Labute approximate surface area is 98.7 Å². The first kappa shape index (κ1) is 10.3. The molecule has 1 aromatic rings. The summed E-state index contributed by atoms with van der Waals surface area (Å²) >= 11 is 0. The molecular formula is C13H11FN2O. The maximum absolute atomic E-state index is 12.9. The highest BCUT2D eigenvalue weighted by Crippen LogP contribution is 2.27. The zero-order valence-electron chi connectivity index (χ0n) is 9.16. The van der Waals surface area contributed by atoms with Crippen LogP contribution >= 0.6 is 0 Å². The lowest BCUT2D eigenvalue weighted by atomic mass is 9.91. The van der Waals surface area contributed by atoms with Gasteiger partial charge in [0.25, 0.3) is 0 Å². The predicted molar refractivity (Wildman–Crippen MR) is 62.0 cm³/mol. The Morgan fingerprint density at radius 3 is 2.88 bits per heavy atom. The Hall–Kier alpha value is -1.86. The third-order valence-corrected chi connectivity index (χ3v) is 2.91. The van der Waals surface area contributed by atoms with Gasteiger partial charge in [0.1, 0.15) is 11.5 Å². The van der Waals surface area contributed by atoms with Crippen LogP contribution in [0.1, 0.15) is 12.0 Å². The first-order valence-corrected chi connectivity index (χ1v) is 5.49. The minimum Gasteiger partial charge on any atom is -0.385 e. The highest BCUT2D eigenvalue weighted by Gasteiger charge is 2.44. The average molecular weight is 230 g/mol. The largest absolute Gasteiger partial charge is 0.385 e. The van der Waals surface area contributed by atoms with Gasteiger partial charge in [-0.2, -0.15) is 0 Å². The number of rotatable bonds is 0. The lowest BCUT2D eigenvalue weighted by Crippen LogP contribution is -2.59. The van der Waals surface area contributed by atoms with Crippen molar-refractivity contribution in [2.45, 2.75) is 12.0 Å². The number of hydrogen-bond acceptors (Lipinski definition) is 3. The minimum absolute atomic E-state index is 0.161. The van der Waals surface area contributed by atoms with Crippen LogP contribution in [0.4, 0.5) is 4.39 Å². The van der Waals surface area contributed by atoms with E-state index in [1.807, 2.05) is 0 Å². The van der Waals surface area contributed by atoms with Gasteiger partial charge in [0.05, 0.1) is 0 Å². The zero-order valence-corrected chi connectivity index (χ0v) is 9.16. The standard InChI is InChI=1S/C13H11FN2O/c14-11-3-1-2-10(6-11)4-5-12-7-13(17-16-12)8-15-9-13/h1-3,6,15H,7-9H2. The van der Waals surface area contributed by atoms with Gasteiger partial charge in [-0.15, -0.1) is 0 Å². The van der Waals surface area contributed by atoms with Crippen molar-refractivity contribution in [2.75, 3.05) is 13.1 Å². The Kier molecular flexibility index (Phi) is 2.34. The molecule has 1 fully saturated rings. The molecule has 1 spiro atoms. The molecule has 0 amide bonds. The fourth-order valence-corrected chi connectivity index (χ4v) is 1.89. The summed E-state index contributed by atoms with van der Waals surface area (Å²) in [6.07, 6.45) is 0.738. The second-order valence-electron chi connectivity index (χ2n) is 4.35. The number of nitrogens with zero attached hydrogens (tertiary/aromatic N) is 1. The smallest absolute Gasteiger partial charge is 0.168 e. The van der Waals surface area contributed by atoms with Gasteiger partial charge in [0.2, 0.25) is 0 Å². The molecule has 0 aromatic heterocycles. The maximum Gasteiger partial charge on any atom is 0.168 e. The molecule has 86 valence electrons. The quantitative estimate of drug-likeness (QED) is 0.681. The number of oxime groups is 1. The molecule has 4 heteroatoms. The number of benzene rings is 1. The summed E-state index contributed by atoms with van der Waals surface area (Å²) in [6, 6.07) is 6.22. The molecule has 3 nitrogen and oxygen atoms in total. The summed E-state index contributed by atoms with van der Waals surface area (Å²) in [6.45, 7) is 1.64. The van der Waals surface area contributed by atoms with Crippen molar-refractivity contribution in [2.24, 2.45) is 5.16 Å². The molecule has 2 heterocycles. The van der Waals surface area contributed by atoms with E-state index < -0.39 is 0 Å². The molecule has 1 aromatic carbocycles. The number of halogens is 1. The van der Waals surface area contributed by atoms with Gasteiger partial charge < -0.3 is 10.2 Å². The van der Waals surface area contributed by atoms with Crippen LogP contribution in [-0.4, -0.2) is 24.4 Å². The normalized spacial score (nSPS) is 19.9. The Balaban J connectivity index is 1.72. The minimum atomic E-state index is -0.277. The van der Waals surface area contributed by atoms with Crippen LogP contribution in [0.3, 0.4) is 0 Å². The summed E-state index contributed by atoms with van der Waals surface area (Å²) < 4.78 is 12.9. The summed E-state index contributed by atoms with van der Waals surface area (Å²) in [7, 11) is 0. The van der Waals surface area contributed by atoms with Crippen molar-refractivity contribution in [3.63, 3.8) is 0 Å². The van der Waals surface area contributed by atoms with Crippen LogP contribution < -0.4 is 5.32 Å². The van der Waals surface area contributed by atoms with Gasteiger partial charge in [-0.1, -0.05) is 17.1 Å². The molecule has 0 bridgehead atoms. The first-order chi connectivity index (χ1) is 8.26. The van der Waals surface area contributed by atoms with Gasteiger partial charge in [0, 0.05) is 25.1 Å². The molecule has 0 radical (unpaired) electrons. The number of nitrogens with one attached hydrogen (secondary N) is 1. The van der Waals surface area contributed by atoms with E-state index in [1.54, 1.807) is 12.1 Å². The lowest BCUT2D eigenvalue weighted by Gasteiger charge is -2.35. The SMILES string of the molecule is Fc1cccc(C#CC2=NOC3(CNC3)C2)c1. The molecule has 17 heavy (non-hydrogen) atoms. The molecule has 0 unspecified atom stereocenters. The fraction of sp³-hybridized carbons (Fsp3) is 0.308. The zero-order chi connectivity index (χ0) is 11.7. The molecule has 1 saturated heterocycles. The molecule has 2 aliphatic heterocycles. The molecule has 2 aliphatic rings. The lowest BCUT2D eigenvalue weighted by molar-refractivity contribution is -0.0559. The highest BCUT2D eigenvalue weighted by molar-refractivity contribution is 6.02. The van der Waals surface area contributed by atoms with E-state index in [2.05, 4.69) is 22.3 Å². The van der Waals surface area contributed by atoms with Gasteiger partial charge in [-0.3, -0.25) is 0 Å². The highest BCUT2D eigenvalue weighted by atomic mass is 19.1. The van der Waals surface area contributed by atoms with E-state index in [0.717, 1.165) is 25.2 Å². The van der Waals surface area contributed by atoms with Crippen LogP contribution in [0, 0.1) is 17.7 Å². The van der Waals surface area contributed by atoms with Crippen LogP contribution in [0.15, 0.2) is 29.4 Å². The molecule has 3 rings (SSSR count). The van der Waals surface area contributed by atoms with Crippen molar-refractivity contribution in [1.29, 1.82) is 0 Å². The third kappa shape index (κ3) is 2.02. The van der Waals surface area contributed by atoms with E-state index in [0.29, 0.717) is 5.56 Å². The van der Waals surface area contributed by atoms with Crippen molar-refractivity contribution in [1.82, 2.24) is 5.32 Å². The van der Waals surface area contributed by atoms with Crippen LogP contribution in [0.25, 0.3) is 0 Å². The summed E-state index contributed by atoms with van der Waals surface area (Å²) in [4.78, 5) is 5.35. The molecular weight excluding hydrogens is 219 g/mol.